The number of aliphatic imine (C=N–C) groups is 1. The smallest absolute Gasteiger partial charge is 0.343 e. The topological polar surface area (TPSA) is 77.0 Å². The second-order valence-electron chi connectivity index (χ2n) is 7.12. The summed E-state index contributed by atoms with van der Waals surface area (Å²) in [5.41, 5.74) is 2.83. The molecule has 1 fully saturated rings. The number of methoxy groups -OCH3 is 1. The van der Waals surface area contributed by atoms with Crippen LogP contribution in [0.25, 0.3) is 6.08 Å². The lowest BCUT2D eigenvalue weighted by molar-refractivity contribution is -0.115. The predicted octanol–water partition coefficient (Wildman–Crippen LogP) is 5.77. The highest BCUT2D eigenvalue weighted by atomic mass is 35.5. The van der Waals surface area contributed by atoms with Crippen LogP contribution in [0, 0.1) is 6.92 Å². The van der Waals surface area contributed by atoms with Gasteiger partial charge in [0.1, 0.15) is 0 Å². The Balaban J connectivity index is 1.55. The predicted molar refractivity (Wildman–Crippen MR) is 131 cm³/mol. The fourth-order valence-corrected chi connectivity index (χ4v) is 3.94. The molecule has 3 aromatic carbocycles. The van der Waals surface area contributed by atoms with Crippen LogP contribution in [-0.2, 0) is 4.79 Å². The maximum Gasteiger partial charge on any atom is 0.343 e. The quantitative estimate of drug-likeness (QED) is 0.286. The van der Waals surface area contributed by atoms with Crippen LogP contribution in [0.5, 0.6) is 11.5 Å². The molecule has 0 spiro atoms. The Labute approximate surface area is 200 Å². The van der Waals surface area contributed by atoms with Gasteiger partial charge in [0.05, 0.1) is 23.3 Å². The molecule has 33 heavy (non-hydrogen) atoms. The number of halogens is 1. The van der Waals surface area contributed by atoms with Crippen molar-refractivity contribution in [2.24, 2.45) is 4.99 Å². The molecule has 1 N–H and O–H groups in total. The van der Waals surface area contributed by atoms with Gasteiger partial charge in [0, 0.05) is 5.02 Å². The number of amidine groups is 1. The van der Waals surface area contributed by atoms with E-state index < -0.39 is 5.97 Å². The highest BCUT2D eigenvalue weighted by Crippen LogP contribution is 2.33. The summed E-state index contributed by atoms with van der Waals surface area (Å²) in [7, 11) is 1.50. The summed E-state index contributed by atoms with van der Waals surface area (Å²) >= 11 is 7.12. The van der Waals surface area contributed by atoms with E-state index >= 15 is 0 Å². The van der Waals surface area contributed by atoms with Crippen molar-refractivity contribution in [1.82, 2.24) is 5.32 Å². The number of benzene rings is 3. The molecule has 6 nitrogen and oxygen atoms in total. The van der Waals surface area contributed by atoms with Gasteiger partial charge in [-0.15, -0.1) is 0 Å². The first-order valence-corrected chi connectivity index (χ1v) is 11.1. The maximum absolute atomic E-state index is 12.6. The number of carbonyl (C=O) groups is 2. The first-order chi connectivity index (χ1) is 15.9. The minimum Gasteiger partial charge on any atom is -0.493 e. The zero-order valence-electron chi connectivity index (χ0n) is 17.8. The molecule has 1 aliphatic rings. The second kappa shape index (κ2) is 9.94. The van der Waals surface area contributed by atoms with Crippen molar-refractivity contribution in [2.75, 3.05) is 7.11 Å². The average molecular weight is 479 g/mol. The van der Waals surface area contributed by atoms with Gasteiger partial charge in [0.15, 0.2) is 16.7 Å². The SMILES string of the molecule is COc1ccc(/C=C2/SC(=Nc3ccc(Cl)cc3)NC2=O)cc1OC(=O)c1ccc(C)cc1. The van der Waals surface area contributed by atoms with Gasteiger partial charge >= 0.3 is 5.97 Å². The summed E-state index contributed by atoms with van der Waals surface area (Å²) in [5.74, 6) is -0.0905. The number of carbonyl (C=O) groups excluding carboxylic acids is 2. The first kappa shape index (κ1) is 22.6. The van der Waals surface area contributed by atoms with E-state index in [2.05, 4.69) is 10.3 Å². The zero-order valence-corrected chi connectivity index (χ0v) is 19.4. The van der Waals surface area contributed by atoms with E-state index in [1.807, 2.05) is 19.1 Å². The molecule has 0 saturated carbocycles. The summed E-state index contributed by atoms with van der Waals surface area (Å²) in [5, 5.41) is 3.82. The van der Waals surface area contributed by atoms with Crippen molar-refractivity contribution in [3.8, 4) is 11.5 Å². The molecule has 0 aromatic heterocycles. The number of nitrogens with zero attached hydrogens (tertiary/aromatic N) is 1. The lowest BCUT2D eigenvalue weighted by atomic mass is 10.1. The van der Waals surface area contributed by atoms with E-state index in [9.17, 15) is 9.59 Å². The molecule has 1 aliphatic heterocycles. The molecule has 166 valence electrons. The van der Waals surface area contributed by atoms with Crippen LogP contribution >= 0.6 is 23.4 Å². The number of amides is 1. The number of thioether (sulfide) groups is 1. The molecule has 0 aliphatic carbocycles. The molecular formula is C25H19ClN2O4S. The third kappa shape index (κ3) is 5.63. The highest BCUT2D eigenvalue weighted by molar-refractivity contribution is 8.18. The van der Waals surface area contributed by atoms with Gasteiger partial charge in [-0.1, -0.05) is 35.4 Å². The molecular weight excluding hydrogens is 460 g/mol. The van der Waals surface area contributed by atoms with E-state index in [1.165, 1.54) is 18.9 Å². The standard InChI is InChI=1S/C25H19ClN2O4S/c1-15-3-6-17(7-4-15)24(30)32-21-13-16(5-12-20(21)31-2)14-22-23(29)28-25(33-22)27-19-10-8-18(26)9-11-19/h3-14H,1-2H3,(H,27,28,29)/b22-14+. The molecule has 0 bridgehead atoms. The summed E-state index contributed by atoms with van der Waals surface area (Å²) in [6.07, 6.45) is 1.70. The lowest BCUT2D eigenvalue weighted by Gasteiger charge is -2.10. The van der Waals surface area contributed by atoms with Crippen molar-refractivity contribution >= 4 is 52.2 Å². The largest absolute Gasteiger partial charge is 0.493 e. The normalized spacial score (nSPS) is 15.5. The van der Waals surface area contributed by atoms with E-state index in [-0.39, 0.29) is 11.7 Å². The van der Waals surface area contributed by atoms with Crippen LogP contribution < -0.4 is 14.8 Å². The Hall–Kier alpha value is -3.55. The molecule has 0 radical (unpaired) electrons. The summed E-state index contributed by atoms with van der Waals surface area (Å²) < 4.78 is 10.9. The van der Waals surface area contributed by atoms with Gasteiger partial charge in [-0.2, -0.15) is 0 Å². The van der Waals surface area contributed by atoms with Crippen molar-refractivity contribution in [3.63, 3.8) is 0 Å². The molecule has 0 unspecified atom stereocenters. The van der Waals surface area contributed by atoms with Crippen molar-refractivity contribution in [2.45, 2.75) is 6.92 Å². The summed E-state index contributed by atoms with van der Waals surface area (Å²) in [6, 6.07) is 19.2. The lowest BCUT2D eigenvalue weighted by Crippen LogP contribution is -2.19. The van der Waals surface area contributed by atoms with E-state index in [4.69, 9.17) is 21.1 Å². The van der Waals surface area contributed by atoms with E-state index in [1.54, 1.807) is 60.7 Å². The van der Waals surface area contributed by atoms with Crippen LogP contribution in [0.1, 0.15) is 21.5 Å². The molecule has 0 atom stereocenters. The Morgan fingerprint density at radius 2 is 1.76 bits per heavy atom. The van der Waals surface area contributed by atoms with Crippen LogP contribution in [0.2, 0.25) is 5.02 Å². The monoisotopic (exact) mass is 478 g/mol. The van der Waals surface area contributed by atoms with E-state index in [0.717, 1.165) is 5.56 Å². The van der Waals surface area contributed by atoms with E-state index in [0.29, 0.717) is 37.7 Å². The van der Waals surface area contributed by atoms with Crippen LogP contribution in [0.4, 0.5) is 5.69 Å². The molecule has 3 aromatic rings. The fourth-order valence-electron chi connectivity index (χ4n) is 2.98. The third-order valence-corrected chi connectivity index (χ3v) is 5.85. The zero-order chi connectivity index (χ0) is 23.4. The van der Waals surface area contributed by atoms with Gasteiger partial charge in [-0.05, 0) is 78.9 Å². The van der Waals surface area contributed by atoms with Gasteiger partial charge in [-0.25, -0.2) is 9.79 Å². The van der Waals surface area contributed by atoms with Gasteiger partial charge in [0.25, 0.3) is 5.91 Å². The molecule has 4 rings (SSSR count). The van der Waals surface area contributed by atoms with Crippen molar-refractivity contribution < 1.29 is 19.1 Å². The summed E-state index contributed by atoms with van der Waals surface area (Å²) in [6.45, 7) is 1.94. The minimum absolute atomic E-state index is 0.260. The van der Waals surface area contributed by atoms with Crippen molar-refractivity contribution in [3.05, 3.63) is 93.3 Å². The molecule has 1 heterocycles. The number of rotatable bonds is 5. The number of aryl methyl sites for hydroxylation is 1. The van der Waals surface area contributed by atoms with Crippen LogP contribution in [0.3, 0.4) is 0 Å². The molecule has 1 amide bonds. The average Bonchev–Trinajstić information content (AvgIpc) is 3.14. The number of esters is 1. The Morgan fingerprint density at radius 3 is 2.45 bits per heavy atom. The highest BCUT2D eigenvalue weighted by Gasteiger charge is 2.24. The Morgan fingerprint density at radius 1 is 1.03 bits per heavy atom. The van der Waals surface area contributed by atoms with Gasteiger partial charge in [0.2, 0.25) is 0 Å². The Bertz CT molecular complexity index is 1270. The van der Waals surface area contributed by atoms with Crippen LogP contribution in [0.15, 0.2) is 76.6 Å². The summed E-state index contributed by atoms with van der Waals surface area (Å²) in [4.78, 5) is 29.9. The Kier molecular flexibility index (Phi) is 6.82. The van der Waals surface area contributed by atoms with Crippen LogP contribution in [-0.4, -0.2) is 24.2 Å². The molecule has 1 saturated heterocycles. The first-order valence-electron chi connectivity index (χ1n) is 9.93. The van der Waals surface area contributed by atoms with Crippen molar-refractivity contribution in [1.29, 1.82) is 0 Å². The second-order valence-corrected chi connectivity index (χ2v) is 8.59. The van der Waals surface area contributed by atoms with Gasteiger partial charge in [-0.3, -0.25) is 4.79 Å². The number of ether oxygens (including phenoxy) is 2. The number of hydrogen-bond acceptors (Lipinski definition) is 6. The number of nitrogens with one attached hydrogen (secondary N) is 1. The third-order valence-electron chi connectivity index (χ3n) is 4.68. The fraction of sp³-hybridized carbons (Fsp3) is 0.0800. The minimum atomic E-state index is -0.497. The van der Waals surface area contributed by atoms with Gasteiger partial charge < -0.3 is 14.8 Å². The number of hydrogen-bond donors (Lipinski definition) is 1. The molecule has 8 heteroatoms. The maximum atomic E-state index is 12.6.